The van der Waals surface area contributed by atoms with Crippen LogP contribution < -0.4 is 10.2 Å². The van der Waals surface area contributed by atoms with Crippen molar-refractivity contribution in [2.45, 2.75) is 51.5 Å². The highest BCUT2D eigenvalue weighted by atomic mass is 15.2. The Hall–Kier alpha value is -0.0800. The molecule has 15 heavy (non-hydrogen) atoms. The number of quaternary nitrogens is 2. The van der Waals surface area contributed by atoms with Gasteiger partial charge in [0.25, 0.3) is 0 Å². The van der Waals surface area contributed by atoms with Crippen LogP contribution in [0.4, 0.5) is 0 Å². The molecule has 0 saturated carbocycles. The van der Waals surface area contributed by atoms with E-state index >= 15 is 0 Å². The van der Waals surface area contributed by atoms with Crippen LogP contribution in [0.15, 0.2) is 0 Å². The van der Waals surface area contributed by atoms with Crippen LogP contribution in [0.5, 0.6) is 0 Å². The van der Waals surface area contributed by atoms with Crippen molar-refractivity contribution in [1.82, 2.24) is 0 Å². The maximum atomic E-state index is 2.62. The van der Waals surface area contributed by atoms with E-state index in [1.165, 1.54) is 64.7 Å². The maximum Gasteiger partial charge on any atom is 0.135 e. The predicted octanol–water partition coefficient (Wildman–Crippen LogP) is -0.193. The smallest absolute Gasteiger partial charge is 0.135 e. The zero-order valence-electron chi connectivity index (χ0n) is 10.3. The lowest BCUT2D eigenvalue weighted by atomic mass is 9.98. The van der Waals surface area contributed by atoms with E-state index in [9.17, 15) is 0 Å². The summed E-state index contributed by atoms with van der Waals surface area (Å²) < 4.78 is 0. The third kappa shape index (κ3) is 3.76. The first kappa shape index (κ1) is 11.4. The van der Waals surface area contributed by atoms with E-state index < -0.39 is 0 Å². The molecule has 2 nitrogen and oxygen atoms in total. The molecule has 2 fully saturated rings. The fraction of sp³-hybridized carbons (Fsp3) is 1.00. The van der Waals surface area contributed by atoms with Crippen molar-refractivity contribution in [2.75, 3.05) is 26.2 Å². The Morgan fingerprint density at radius 1 is 1.07 bits per heavy atom. The van der Waals surface area contributed by atoms with Crippen molar-refractivity contribution in [3.8, 4) is 0 Å². The monoisotopic (exact) mass is 212 g/mol. The Morgan fingerprint density at radius 3 is 2.67 bits per heavy atom. The van der Waals surface area contributed by atoms with Crippen molar-refractivity contribution in [3.05, 3.63) is 0 Å². The number of nitrogens with one attached hydrogen (secondary N) is 1. The van der Waals surface area contributed by atoms with Crippen molar-refractivity contribution in [2.24, 2.45) is 5.92 Å². The molecule has 3 N–H and O–H groups in total. The van der Waals surface area contributed by atoms with E-state index in [4.69, 9.17) is 0 Å². The summed E-state index contributed by atoms with van der Waals surface area (Å²) in [6.45, 7) is 8.10. The molecule has 0 radical (unpaired) electrons. The highest BCUT2D eigenvalue weighted by molar-refractivity contribution is 4.60. The first-order chi connectivity index (χ1) is 7.34. The molecule has 1 atom stereocenters. The van der Waals surface area contributed by atoms with Crippen LogP contribution in [0, 0.1) is 5.92 Å². The molecular weight excluding hydrogens is 184 g/mol. The fourth-order valence-corrected chi connectivity index (χ4v) is 3.13. The van der Waals surface area contributed by atoms with Gasteiger partial charge in [-0.15, -0.1) is 0 Å². The number of hydrogen-bond donors (Lipinski definition) is 2. The molecule has 2 rings (SSSR count). The minimum atomic E-state index is 0.941. The minimum absolute atomic E-state index is 0.941. The third-order valence-corrected chi connectivity index (χ3v) is 4.31. The summed E-state index contributed by atoms with van der Waals surface area (Å²) in [5, 5.41) is 2.62. The average molecular weight is 212 g/mol. The van der Waals surface area contributed by atoms with Gasteiger partial charge in [0, 0.05) is 6.42 Å². The van der Waals surface area contributed by atoms with E-state index in [2.05, 4.69) is 12.2 Å². The van der Waals surface area contributed by atoms with Gasteiger partial charge < -0.3 is 10.2 Å². The summed E-state index contributed by atoms with van der Waals surface area (Å²) in [6.07, 6.45) is 8.79. The molecule has 0 aliphatic carbocycles. The van der Waals surface area contributed by atoms with Gasteiger partial charge in [-0.25, -0.2) is 0 Å². The second-order valence-corrected chi connectivity index (χ2v) is 5.77. The van der Waals surface area contributed by atoms with Crippen molar-refractivity contribution >= 4 is 0 Å². The molecule has 2 saturated heterocycles. The van der Waals surface area contributed by atoms with Crippen LogP contribution in [0.1, 0.15) is 45.4 Å². The van der Waals surface area contributed by atoms with Gasteiger partial charge in [-0.2, -0.15) is 0 Å². The molecule has 0 aromatic carbocycles. The molecule has 0 amide bonds. The molecule has 0 unspecified atom stereocenters. The number of likely N-dealkylation sites (tertiary alicyclic amines) is 1. The first-order valence-corrected chi connectivity index (χ1v) is 7.01. The lowest BCUT2D eigenvalue weighted by Gasteiger charge is -2.29. The van der Waals surface area contributed by atoms with Gasteiger partial charge in [0.1, 0.15) is 12.6 Å². The number of hydrogen-bond acceptors (Lipinski definition) is 0. The first-order valence-electron chi connectivity index (χ1n) is 7.01. The number of rotatable bonds is 2. The lowest BCUT2D eigenvalue weighted by molar-refractivity contribution is -0.924. The second-order valence-electron chi connectivity index (χ2n) is 5.77. The fourth-order valence-electron chi connectivity index (χ4n) is 3.13. The van der Waals surface area contributed by atoms with Gasteiger partial charge in [-0.05, 0) is 38.0 Å². The number of nitrogens with two attached hydrogens (primary N) is 1. The molecule has 2 aliphatic heterocycles. The van der Waals surface area contributed by atoms with Gasteiger partial charge in [0.15, 0.2) is 0 Å². The minimum Gasteiger partial charge on any atom is -0.339 e. The molecule has 2 aliphatic rings. The Morgan fingerprint density at radius 2 is 1.87 bits per heavy atom. The van der Waals surface area contributed by atoms with Gasteiger partial charge >= 0.3 is 0 Å². The summed E-state index contributed by atoms with van der Waals surface area (Å²) in [5.41, 5.74) is 0. The topological polar surface area (TPSA) is 21.1 Å². The second kappa shape index (κ2) is 5.86. The van der Waals surface area contributed by atoms with Crippen LogP contribution in [0.25, 0.3) is 0 Å². The molecular formula is C13H28N2+2. The Kier molecular flexibility index (Phi) is 4.45. The van der Waals surface area contributed by atoms with E-state index in [1.807, 2.05) is 4.90 Å². The summed E-state index contributed by atoms with van der Waals surface area (Å²) in [6, 6.07) is 0.941. The third-order valence-electron chi connectivity index (χ3n) is 4.31. The van der Waals surface area contributed by atoms with Gasteiger partial charge in [-0.3, -0.25) is 0 Å². The zero-order valence-corrected chi connectivity index (χ0v) is 10.3. The summed E-state index contributed by atoms with van der Waals surface area (Å²) in [7, 11) is 0. The summed E-state index contributed by atoms with van der Waals surface area (Å²) in [5.74, 6) is 0.992. The maximum absolute atomic E-state index is 2.62. The van der Waals surface area contributed by atoms with Crippen LogP contribution in [-0.2, 0) is 0 Å². The molecule has 0 bridgehead atoms. The Balaban J connectivity index is 1.70. The van der Waals surface area contributed by atoms with E-state index in [0.29, 0.717) is 0 Å². The van der Waals surface area contributed by atoms with Crippen molar-refractivity contribution in [1.29, 1.82) is 0 Å². The average Bonchev–Trinajstić information content (AvgIpc) is 2.50. The van der Waals surface area contributed by atoms with Gasteiger partial charge in [-0.1, -0.05) is 6.92 Å². The largest absolute Gasteiger partial charge is 0.339 e. The molecule has 2 heteroatoms. The zero-order chi connectivity index (χ0) is 10.5. The van der Waals surface area contributed by atoms with Crippen LogP contribution in [-0.4, -0.2) is 32.2 Å². The quantitative estimate of drug-likeness (QED) is 0.633. The summed E-state index contributed by atoms with van der Waals surface area (Å²) in [4.78, 5) is 1.89. The van der Waals surface area contributed by atoms with E-state index in [-0.39, 0.29) is 0 Å². The SMILES string of the molecule is CC1CC[NH+](C[C@H]2CCCCC[NH2+]2)CC1. The molecule has 0 aromatic heterocycles. The highest BCUT2D eigenvalue weighted by Gasteiger charge is 2.24. The van der Waals surface area contributed by atoms with Gasteiger partial charge in [0.2, 0.25) is 0 Å². The predicted molar refractivity (Wildman–Crippen MR) is 63.0 cm³/mol. The molecule has 2 heterocycles. The Bertz CT molecular complexity index is 165. The Labute approximate surface area is 94.4 Å². The number of piperidine rings is 1. The van der Waals surface area contributed by atoms with Crippen LogP contribution in [0.2, 0.25) is 0 Å². The lowest BCUT2D eigenvalue weighted by Crippen LogP contribution is -3.17. The highest BCUT2D eigenvalue weighted by Crippen LogP contribution is 2.07. The van der Waals surface area contributed by atoms with Crippen LogP contribution in [0.3, 0.4) is 0 Å². The van der Waals surface area contributed by atoms with Crippen molar-refractivity contribution in [3.63, 3.8) is 0 Å². The normalized spacial score (nSPS) is 38.6. The standard InChI is InChI=1S/C13H26N2/c1-12-6-9-15(10-7-12)11-13-5-3-2-4-8-14-13/h12-14H,2-11H2,1H3/p+2/t13-/m1/s1. The molecule has 0 spiro atoms. The van der Waals surface area contributed by atoms with Crippen LogP contribution >= 0.6 is 0 Å². The van der Waals surface area contributed by atoms with E-state index in [0.717, 1.165) is 12.0 Å². The van der Waals surface area contributed by atoms with E-state index in [1.54, 1.807) is 0 Å². The molecule has 0 aromatic rings. The molecule has 88 valence electrons. The van der Waals surface area contributed by atoms with Gasteiger partial charge in [0.05, 0.1) is 19.6 Å². The summed E-state index contributed by atoms with van der Waals surface area (Å²) >= 11 is 0. The van der Waals surface area contributed by atoms with Crippen molar-refractivity contribution < 1.29 is 10.2 Å².